The summed E-state index contributed by atoms with van der Waals surface area (Å²) in [7, 11) is 0. The predicted molar refractivity (Wildman–Crippen MR) is 56.5 cm³/mol. The number of ether oxygens (including phenoxy) is 1. The summed E-state index contributed by atoms with van der Waals surface area (Å²) >= 11 is 0. The number of amides is 1. The molecule has 3 rings (SSSR count). The number of carbonyl (C=O) groups excluding carboxylic acids is 1. The van der Waals surface area contributed by atoms with Crippen LogP contribution in [0, 0.1) is 5.41 Å². The topological polar surface area (TPSA) is 32.8 Å². The van der Waals surface area contributed by atoms with Gasteiger partial charge in [0.2, 0.25) is 5.91 Å². The van der Waals surface area contributed by atoms with Crippen LogP contribution in [0.1, 0.15) is 39.0 Å². The molecule has 0 aromatic carbocycles. The summed E-state index contributed by atoms with van der Waals surface area (Å²) in [6.07, 6.45) is 5.50. The number of rotatable bonds is 1. The minimum Gasteiger partial charge on any atom is -0.369 e. The van der Waals surface area contributed by atoms with Crippen molar-refractivity contribution in [3.8, 4) is 0 Å². The summed E-state index contributed by atoms with van der Waals surface area (Å²) in [5, 5.41) is 0. The highest BCUT2D eigenvalue weighted by atomic mass is 16.6. The Balaban J connectivity index is 1.61. The first-order valence-corrected chi connectivity index (χ1v) is 6.07. The molecule has 0 atom stereocenters. The largest absolute Gasteiger partial charge is 0.369 e. The maximum Gasteiger partial charge on any atom is 0.228 e. The molecule has 0 bridgehead atoms. The van der Waals surface area contributed by atoms with Crippen LogP contribution >= 0.6 is 0 Å². The predicted octanol–water partition coefficient (Wildman–Crippen LogP) is 1.57. The van der Waals surface area contributed by atoms with E-state index in [0.29, 0.717) is 5.91 Å². The number of likely N-dealkylation sites (tertiary alicyclic amines) is 1. The van der Waals surface area contributed by atoms with Crippen molar-refractivity contribution in [2.75, 3.05) is 19.7 Å². The van der Waals surface area contributed by atoms with Crippen LogP contribution < -0.4 is 0 Å². The SMILES string of the molecule is CC1(C(=O)N2CCC3(CC2)CO3)CCC1. The van der Waals surface area contributed by atoms with Crippen LogP contribution in [0.15, 0.2) is 0 Å². The van der Waals surface area contributed by atoms with E-state index in [1.807, 2.05) is 0 Å². The molecule has 2 aliphatic heterocycles. The van der Waals surface area contributed by atoms with Crippen LogP contribution in [0.5, 0.6) is 0 Å². The van der Waals surface area contributed by atoms with Gasteiger partial charge >= 0.3 is 0 Å². The Morgan fingerprint density at radius 1 is 1.20 bits per heavy atom. The van der Waals surface area contributed by atoms with E-state index in [9.17, 15) is 4.79 Å². The molecule has 0 aromatic rings. The van der Waals surface area contributed by atoms with Gasteiger partial charge in [-0.3, -0.25) is 4.79 Å². The van der Waals surface area contributed by atoms with Crippen LogP contribution in [-0.4, -0.2) is 36.1 Å². The molecule has 3 aliphatic rings. The van der Waals surface area contributed by atoms with E-state index < -0.39 is 0 Å². The average molecular weight is 209 g/mol. The second-order valence-corrected chi connectivity index (χ2v) is 5.68. The lowest BCUT2D eigenvalue weighted by molar-refractivity contribution is -0.147. The van der Waals surface area contributed by atoms with Gasteiger partial charge < -0.3 is 9.64 Å². The Morgan fingerprint density at radius 2 is 1.80 bits per heavy atom. The molecule has 1 amide bonds. The summed E-state index contributed by atoms with van der Waals surface area (Å²) in [5.41, 5.74) is 0.173. The zero-order valence-corrected chi connectivity index (χ0v) is 9.42. The highest BCUT2D eigenvalue weighted by molar-refractivity contribution is 5.83. The molecule has 2 saturated heterocycles. The molecule has 0 unspecified atom stereocenters. The van der Waals surface area contributed by atoms with E-state index in [1.165, 1.54) is 6.42 Å². The Morgan fingerprint density at radius 3 is 2.20 bits per heavy atom. The summed E-state index contributed by atoms with van der Waals surface area (Å²) in [6, 6.07) is 0. The third-order valence-corrected chi connectivity index (χ3v) is 4.49. The van der Waals surface area contributed by atoms with Gasteiger partial charge in [-0.25, -0.2) is 0 Å². The third kappa shape index (κ3) is 1.48. The summed E-state index contributed by atoms with van der Waals surface area (Å²) in [5.74, 6) is 0.393. The van der Waals surface area contributed by atoms with E-state index in [1.54, 1.807) is 0 Å². The van der Waals surface area contributed by atoms with Crippen LogP contribution in [0.3, 0.4) is 0 Å². The number of carbonyl (C=O) groups is 1. The molecule has 0 radical (unpaired) electrons. The first kappa shape index (κ1) is 9.64. The molecule has 0 N–H and O–H groups in total. The molecular formula is C12H19NO2. The Hall–Kier alpha value is -0.570. The first-order valence-electron chi connectivity index (χ1n) is 6.07. The smallest absolute Gasteiger partial charge is 0.228 e. The summed E-state index contributed by atoms with van der Waals surface area (Å²) < 4.78 is 5.45. The van der Waals surface area contributed by atoms with Gasteiger partial charge in [0, 0.05) is 18.5 Å². The second-order valence-electron chi connectivity index (χ2n) is 5.68. The second kappa shape index (κ2) is 2.97. The molecule has 3 nitrogen and oxygen atoms in total. The van der Waals surface area contributed by atoms with Gasteiger partial charge in [-0.05, 0) is 25.7 Å². The van der Waals surface area contributed by atoms with Crippen molar-refractivity contribution in [1.29, 1.82) is 0 Å². The van der Waals surface area contributed by atoms with Crippen molar-refractivity contribution in [2.45, 2.75) is 44.6 Å². The van der Waals surface area contributed by atoms with Crippen molar-refractivity contribution in [2.24, 2.45) is 5.41 Å². The van der Waals surface area contributed by atoms with Crippen LogP contribution in [0.25, 0.3) is 0 Å². The van der Waals surface area contributed by atoms with Crippen LogP contribution in [0.4, 0.5) is 0 Å². The lowest BCUT2D eigenvalue weighted by Crippen LogP contribution is -2.50. The number of hydrogen-bond donors (Lipinski definition) is 0. The van der Waals surface area contributed by atoms with E-state index in [-0.39, 0.29) is 11.0 Å². The Kier molecular flexibility index (Phi) is 1.91. The van der Waals surface area contributed by atoms with E-state index in [2.05, 4.69) is 11.8 Å². The molecule has 0 aromatic heterocycles. The summed E-state index contributed by atoms with van der Waals surface area (Å²) in [6.45, 7) is 4.87. The first-order chi connectivity index (χ1) is 7.14. The van der Waals surface area contributed by atoms with Crippen LogP contribution in [0.2, 0.25) is 0 Å². The van der Waals surface area contributed by atoms with Crippen molar-refractivity contribution < 1.29 is 9.53 Å². The minimum absolute atomic E-state index is 0.0189. The minimum atomic E-state index is -0.0189. The maximum atomic E-state index is 12.2. The molecular weight excluding hydrogens is 190 g/mol. The lowest BCUT2D eigenvalue weighted by Gasteiger charge is -2.42. The molecule has 1 aliphatic carbocycles. The molecule has 3 fully saturated rings. The van der Waals surface area contributed by atoms with Gasteiger partial charge in [0.25, 0.3) is 0 Å². The van der Waals surface area contributed by atoms with Crippen molar-refractivity contribution in [3.05, 3.63) is 0 Å². The normalized spacial score (nSPS) is 31.1. The number of piperidine rings is 1. The fourth-order valence-electron chi connectivity index (χ4n) is 2.81. The fraction of sp³-hybridized carbons (Fsp3) is 0.917. The molecule has 3 heteroatoms. The molecule has 1 saturated carbocycles. The highest BCUT2D eigenvalue weighted by Gasteiger charge is 2.49. The van der Waals surface area contributed by atoms with Gasteiger partial charge in [-0.1, -0.05) is 13.3 Å². The number of nitrogens with zero attached hydrogens (tertiary/aromatic N) is 1. The quantitative estimate of drug-likeness (QED) is 0.614. The van der Waals surface area contributed by atoms with Crippen molar-refractivity contribution >= 4 is 5.91 Å². The van der Waals surface area contributed by atoms with Gasteiger partial charge in [-0.15, -0.1) is 0 Å². The van der Waals surface area contributed by atoms with Crippen LogP contribution in [-0.2, 0) is 9.53 Å². The van der Waals surface area contributed by atoms with Gasteiger partial charge in [0.1, 0.15) is 0 Å². The summed E-state index contributed by atoms with van der Waals surface area (Å²) in [4.78, 5) is 14.3. The number of epoxide rings is 1. The van der Waals surface area contributed by atoms with Gasteiger partial charge in [-0.2, -0.15) is 0 Å². The van der Waals surface area contributed by atoms with E-state index >= 15 is 0 Å². The van der Waals surface area contributed by atoms with Gasteiger partial charge in [0.15, 0.2) is 0 Å². The highest BCUT2D eigenvalue weighted by Crippen LogP contribution is 2.44. The molecule has 2 heterocycles. The van der Waals surface area contributed by atoms with Crippen molar-refractivity contribution in [3.63, 3.8) is 0 Å². The van der Waals surface area contributed by atoms with Gasteiger partial charge in [0.05, 0.1) is 12.2 Å². The van der Waals surface area contributed by atoms with Crippen molar-refractivity contribution in [1.82, 2.24) is 4.90 Å². The molecule has 1 spiro atoms. The molecule has 15 heavy (non-hydrogen) atoms. The zero-order valence-electron chi connectivity index (χ0n) is 9.42. The Bertz CT molecular complexity index is 282. The fourth-order valence-corrected chi connectivity index (χ4v) is 2.81. The number of hydrogen-bond acceptors (Lipinski definition) is 2. The lowest BCUT2D eigenvalue weighted by atomic mass is 9.69. The maximum absolute atomic E-state index is 12.2. The van der Waals surface area contributed by atoms with E-state index in [0.717, 1.165) is 45.4 Å². The zero-order chi connectivity index (χ0) is 10.5. The average Bonchev–Trinajstić information content (AvgIpc) is 2.95. The standard InChI is InChI=1S/C12H19NO2/c1-11(3-2-4-11)10(14)13-7-5-12(6-8-13)9-15-12/h2-9H2,1H3. The third-order valence-electron chi connectivity index (χ3n) is 4.49. The molecule has 84 valence electrons. The Labute approximate surface area is 90.8 Å². The van der Waals surface area contributed by atoms with E-state index in [4.69, 9.17) is 4.74 Å². The monoisotopic (exact) mass is 209 g/mol.